The minimum Gasteiger partial charge on any atom is -0.390 e. The van der Waals surface area contributed by atoms with Crippen molar-refractivity contribution in [1.82, 2.24) is 19.9 Å². The second kappa shape index (κ2) is 7.38. The first-order chi connectivity index (χ1) is 13.5. The molecule has 4 heterocycles. The minimum atomic E-state index is -0.202. The number of anilines is 1. The van der Waals surface area contributed by atoms with Gasteiger partial charge in [0.15, 0.2) is 0 Å². The Hall–Kier alpha value is -3.29. The number of H-pyrrole nitrogens is 1. The van der Waals surface area contributed by atoms with Gasteiger partial charge < -0.3 is 15.4 Å². The van der Waals surface area contributed by atoms with E-state index < -0.39 is 0 Å². The van der Waals surface area contributed by atoms with E-state index in [1.54, 1.807) is 30.6 Å². The fourth-order valence-corrected chi connectivity index (χ4v) is 3.21. The Balaban J connectivity index is 1.96. The van der Waals surface area contributed by atoms with Gasteiger partial charge >= 0.3 is 0 Å². The van der Waals surface area contributed by atoms with E-state index in [1.807, 2.05) is 18.2 Å². The van der Waals surface area contributed by atoms with E-state index in [1.165, 1.54) is 6.92 Å². The van der Waals surface area contributed by atoms with Gasteiger partial charge in [0, 0.05) is 24.9 Å². The standard InChI is InChI=1S/C20H16ClN5O2/c1-11(28)24-17-7-12(5-6-22-17)19-18(15-4-2-3-14(10-27)25-15)20-16(26-19)8-13(21)9-23-20/h2-9,26-27H,10H2,1H3,(H,22,24,28). The number of rotatable bonds is 4. The molecule has 0 saturated carbocycles. The molecule has 0 aliphatic heterocycles. The third-order valence-corrected chi connectivity index (χ3v) is 4.39. The monoisotopic (exact) mass is 393 g/mol. The zero-order valence-electron chi connectivity index (χ0n) is 14.9. The number of aromatic nitrogens is 4. The summed E-state index contributed by atoms with van der Waals surface area (Å²) in [7, 11) is 0. The van der Waals surface area contributed by atoms with Gasteiger partial charge in [-0.1, -0.05) is 17.7 Å². The second-order valence-electron chi connectivity index (χ2n) is 6.21. The van der Waals surface area contributed by atoms with Crippen LogP contribution >= 0.6 is 11.6 Å². The van der Waals surface area contributed by atoms with E-state index in [0.29, 0.717) is 27.7 Å². The Morgan fingerprint density at radius 1 is 1.25 bits per heavy atom. The topological polar surface area (TPSA) is 104 Å². The highest BCUT2D eigenvalue weighted by Crippen LogP contribution is 2.37. The maximum Gasteiger partial charge on any atom is 0.222 e. The van der Waals surface area contributed by atoms with Crippen molar-refractivity contribution in [3.8, 4) is 22.5 Å². The average Bonchev–Trinajstić information content (AvgIpc) is 3.06. The largest absolute Gasteiger partial charge is 0.390 e. The van der Waals surface area contributed by atoms with Crippen LogP contribution in [0.15, 0.2) is 48.8 Å². The molecule has 8 heteroatoms. The summed E-state index contributed by atoms with van der Waals surface area (Å²) in [5.74, 6) is 0.241. The Morgan fingerprint density at radius 2 is 2.11 bits per heavy atom. The number of halogens is 1. The summed E-state index contributed by atoms with van der Waals surface area (Å²) in [6.07, 6.45) is 3.20. The lowest BCUT2D eigenvalue weighted by Crippen LogP contribution is -2.07. The van der Waals surface area contributed by atoms with E-state index >= 15 is 0 Å². The number of hydrogen-bond donors (Lipinski definition) is 3. The van der Waals surface area contributed by atoms with Gasteiger partial charge in [-0.15, -0.1) is 0 Å². The van der Waals surface area contributed by atoms with Gasteiger partial charge in [0.25, 0.3) is 0 Å². The third kappa shape index (κ3) is 3.45. The smallest absolute Gasteiger partial charge is 0.222 e. The molecule has 0 bridgehead atoms. The molecule has 4 aromatic rings. The molecule has 0 aliphatic carbocycles. The van der Waals surface area contributed by atoms with Crippen molar-refractivity contribution in [3.63, 3.8) is 0 Å². The normalized spacial score (nSPS) is 11.0. The van der Waals surface area contributed by atoms with Crippen LogP contribution in [-0.4, -0.2) is 30.9 Å². The van der Waals surface area contributed by atoms with Gasteiger partial charge in [-0.05, 0) is 30.3 Å². The highest BCUT2D eigenvalue weighted by atomic mass is 35.5. The molecule has 140 valence electrons. The van der Waals surface area contributed by atoms with Gasteiger partial charge in [-0.2, -0.15) is 0 Å². The van der Waals surface area contributed by atoms with Crippen LogP contribution in [0, 0.1) is 0 Å². The molecule has 1 amide bonds. The first kappa shape index (κ1) is 18.1. The maximum absolute atomic E-state index is 11.4. The third-order valence-electron chi connectivity index (χ3n) is 4.18. The molecule has 0 atom stereocenters. The lowest BCUT2D eigenvalue weighted by molar-refractivity contribution is -0.114. The van der Waals surface area contributed by atoms with Gasteiger partial charge in [-0.3, -0.25) is 14.8 Å². The maximum atomic E-state index is 11.4. The molecule has 0 spiro atoms. The predicted molar refractivity (Wildman–Crippen MR) is 108 cm³/mol. The van der Waals surface area contributed by atoms with Crippen LogP contribution in [0.4, 0.5) is 5.82 Å². The van der Waals surface area contributed by atoms with Crippen LogP contribution in [0.5, 0.6) is 0 Å². The number of amides is 1. The number of hydrogen-bond acceptors (Lipinski definition) is 5. The van der Waals surface area contributed by atoms with Gasteiger partial charge in [0.2, 0.25) is 5.91 Å². The SMILES string of the molecule is CC(=O)Nc1cc(-c2[nH]c3cc(Cl)cnc3c2-c2cccc(CO)n2)ccn1. The van der Waals surface area contributed by atoms with Gasteiger partial charge in [0.1, 0.15) is 5.82 Å². The van der Waals surface area contributed by atoms with Crippen molar-refractivity contribution in [3.05, 3.63) is 59.5 Å². The van der Waals surface area contributed by atoms with Crippen LogP contribution < -0.4 is 5.32 Å². The van der Waals surface area contributed by atoms with Gasteiger partial charge in [-0.25, -0.2) is 4.98 Å². The number of aromatic amines is 1. The first-order valence-corrected chi connectivity index (χ1v) is 8.91. The highest BCUT2D eigenvalue weighted by molar-refractivity contribution is 6.31. The average molecular weight is 394 g/mol. The summed E-state index contributed by atoms with van der Waals surface area (Å²) < 4.78 is 0. The zero-order chi connectivity index (χ0) is 19.7. The number of nitrogens with zero attached hydrogens (tertiary/aromatic N) is 3. The summed E-state index contributed by atoms with van der Waals surface area (Å²) in [5, 5.41) is 12.7. The second-order valence-corrected chi connectivity index (χ2v) is 6.64. The van der Waals surface area contributed by atoms with Gasteiger partial charge in [0.05, 0.1) is 45.3 Å². The summed E-state index contributed by atoms with van der Waals surface area (Å²) in [4.78, 5) is 27.9. The summed E-state index contributed by atoms with van der Waals surface area (Å²) in [6.45, 7) is 1.27. The van der Waals surface area contributed by atoms with E-state index in [-0.39, 0.29) is 12.5 Å². The van der Waals surface area contributed by atoms with Crippen molar-refractivity contribution >= 4 is 34.4 Å². The first-order valence-electron chi connectivity index (χ1n) is 8.53. The number of nitrogens with one attached hydrogen (secondary N) is 2. The number of carbonyl (C=O) groups is 1. The quantitative estimate of drug-likeness (QED) is 0.489. The predicted octanol–water partition coefficient (Wildman–Crippen LogP) is 3.79. The van der Waals surface area contributed by atoms with Crippen molar-refractivity contribution in [2.75, 3.05) is 5.32 Å². The minimum absolute atomic E-state index is 0.160. The molecule has 7 nitrogen and oxygen atoms in total. The van der Waals surface area contributed by atoms with E-state index in [4.69, 9.17) is 11.6 Å². The van der Waals surface area contributed by atoms with Crippen LogP contribution in [0.25, 0.3) is 33.5 Å². The highest BCUT2D eigenvalue weighted by Gasteiger charge is 2.18. The molecular formula is C20H16ClN5O2. The summed E-state index contributed by atoms with van der Waals surface area (Å²) in [6, 6.07) is 10.8. The van der Waals surface area contributed by atoms with Crippen LogP contribution in [0.2, 0.25) is 5.02 Å². The molecule has 0 unspecified atom stereocenters. The molecule has 4 rings (SSSR count). The van der Waals surface area contributed by atoms with Crippen LogP contribution in [-0.2, 0) is 11.4 Å². The lowest BCUT2D eigenvalue weighted by Gasteiger charge is -2.08. The van der Waals surface area contributed by atoms with Crippen molar-refractivity contribution in [1.29, 1.82) is 0 Å². The van der Waals surface area contributed by atoms with Crippen LogP contribution in [0.3, 0.4) is 0 Å². The molecule has 0 saturated heterocycles. The Morgan fingerprint density at radius 3 is 2.89 bits per heavy atom. The molecule has 0 aromatic carbocycles. The summed E-state index contributed by atoms with van der Waals surface area (Å²) in [5.41, 5.74) is 5.04. The van der Waals surface area contributed by atoms with Crippen molar-refractivity contribution in [2.24, 2.45) is 0 Å². The number of fused-ring (bicyclic) bond motifs is 1. The Kier molecular flexibility index (Phi) is 4.77. The molecule has 0 aliphatic rings. The van der Waals surface area contributed by atoms with Crippen molar-refractivity contribution < 1.29 is 9.90 Å². The number of carbonyl (C=O) groups excluding carboxylic acids is 1. The molecule has 3 N–H and O–H groups in total. The molecule has 0 radical (unpaired) electrons. The number of aliphatic hydroxyl groups excluding tert-OH is 1. The fourth-order valence-electron chi connectivity index (χ4n) is 3.06. The molecule has 4 aromatic heterocycles. The molecule has 0 fully saturated rings. The van der Waals surface area contributed by atoms with E-state index in [2.05, 4.69) is 25.3 Å². The Bertz CT molecular complexity index is 1190. The molecule has 28 heavy (non-hydrogen) atoms. The Labute approximate surface area is 165 Å². The molecular weight excluding hydrogens is 378 g/mol. The fraction of sp³-hybridized carbons (Fsp3) is 0.100. The summed E-state index contributed by atoms with van der Waals surface area (Å²) >= 11 is 6.11. The van der Waals surface area contributed by atoms with E-state index in [0.717, 1.165) is 22.3 Å². The number of aliphatic hydroxyl groups is 1. The van der Waals surface area contributed by atoms with Crippen molar-refractivity contribution in [2.45, 2.75) is 13.5 Å². The van der Waals surface area contributed by atoms with E-state index in [9.17, 15) is 9.90 Å². The van der Waals surface area contributed by atoms with Crippen LogP contribution in [0.1, 0.15) is 12.6 Å². The zero-order valence-corrected chi connectivity index (χ0v) is 15.7. The lowest BCUT2D eigenvalue weighted by atomic mass is 10.0. The number of pyridine rings is 3.